The summed E-state index contributed by atoms with van der Waals surface area (Å²) in [5, 5.41) is 1.10. The fraction of sp³-hybridized carbons (Fsp3) is 0.231. The summed E-state index contributed by atoms with van der Waals surface area (Å²) in [7, 11) is 2.86. The molecule has 4 rings (SSSR count). The Morgan fingerprint density at radius 1 is 1.00 bits per heavy atom. The van der Waals surface area contributed by atoms with E-state index in [-0.39, 0.29) is 6.61 Å². The van der Waals surface area contributed by atoms with Crippen molar-refractivity contribution >= 4 is 16.9 Å². The zero-order chi connectivity index (χ0) is 22.4. The maximum Gasteiger partial charge on any atom is 0.318 e. The molecule has 6 heteroatoms. The van der Waals surface area contributed by atoms with Crippen LogP contribution in [0.15, 0.2) is 85.0 Å². The maximum atomic E-state index is 12.2. The largest absolute Gasteiger partial charge is 0.487 e. The number of ether oxygens (including phenoxy) is 4. The molecule has 0 bridgehead atoms. The number of carbonyl (C=O) groups is 1. The van der Waals surface area contributed by atoms with E-state index >= 15 is 0 Å². The number of hydrogen-bond acceptors (Lipinski definition) is 6. The van der Waals surface area contributed by atoms with Crippen LogP contribution in [0, 0.1) is 5.92 Å². The van der Waals surface area contributed by atoms with E-state index in [0.29, 0.717) is 12.4 Å². The standard InChI is InChI=1S/C26H25NO5/c1-29-25(28)23-11-5-6-15-26(23,30-2)32-17-19-8-7-10-22(16-19)31-18-21-14-13-20-9-3-4-12-24(20)27-21/h3-16,23H,17-18H2,1-2H3. The van der Waals surface area contributed by atoms with Crippen molar-refractivity contribution < 1.29 is 23.7 Å². The van der Waals surface area contributed by atoms with E-state index in [9.17, 15) is 4.79 Å². The number of rotatable bonds is 8. The van der Waals surface area contributed by atoms with Crippen LogP contribution < -0.4 is 4.74 Å². The van der Waals surface area contributed by atoms with Crippen LogP contribution in [0.3, 0.4) is 0 Å². The van der Waals surface area contributed by atoms with E-state index in [1.54, 1.807) is 24.3 Å². The lowest BCUT2D eigenvalue weighted by atomic mass is 9.93. The molecule has 0 aliphatic heterocycles. The Labute approximate surface area is 187 Å². The van der Waals surface area contributed by atoms with Gasteiger partial charge in [-0.3, -0.25) is 4.79 Å². The number of carbonyl (C=O) groups excluding carboxylic acids is 1. The lowest BCUT2D eigenvalue weighted by Crippen LogP contribution is -2.45. The first kappa shape index (κ1) is 21.7. The van der Waals surface area contributed by atoms with Gasteiger partial charge in [-0.25, -0.2) is 4.98 Å². The van der Waals surface area contributed by atoms with E-state index in [0.717, 1.165) is 22.2 Å². The van der Waals surface area contributed by atoms with E-state index in [1.807, 2.05) is 60.7 Å². The molecule has 0 N–H and O–H groups in total. The Bertz CT molecular complexity index is 1160. The molecule has 1 heterocycles. The van der Waals surface area contributed by atoms with Crippen molar-refractivity contribution in [2.45, 2.75) is 19.0 Å². The Kier molecular flexibility index (Phi) is 6.63. The highest BCUT2D eigenvalue weighted by molar-refractivity contribution is 5.78. The van der Waals surface area contributed by atoms with Gasteiger partial charge in [-0.2, -0.15) is 0 Å². The van der Waals surface area contributed by atoms with Crippen molar-refractivity contribution in [1.82, 2.24) is 4.98 Å². The topological polar surface area (TPSA) is 66.9 Å². The highest BCUT2D eigenvalue weighted by atomic mass is 16.7. The number of fused-ring (bicyclic) bond motifs is 1. The van der Waals surface area contributed by atoms with Crippen molar-refractivity contribution in [2.24, 2.45) is 5.92 Å². The first-order valence-corrected chi connectivity index (χ1v) is 10.3. The average molecular weight is 431 g/mol. The number of esters is 1. The second-order valence-corrected chi connectivity index (χ2v) is 7.39. The molecule has 0 fully saturated rings. The molecule has 164 valence electrons. The molecule has 2 atom stereocenters. The Hall–Kier alpha value is -3.48. The second kappa shape index (κ2) is 9.77. The summed E-state index contributed by atoms with van der Waals surface area (Å²) in [5.74, 6) is -1.64. The minimum absolute atomic E-state index is 0.227. The van der Waals surface area contributed by atoms with Crippen molar-refractivity contribution in [2.75, 3.05) is 14.2 Å². The summed E-state index contributed by atoms with van der Waals surface area (Å²) in [4.78, 5) is 16.9. The minimum atomic E-state index is -1.23. The second-order valence-electron chi connectivity index (χ2n) is 7.39. The van der Waals surface area contributed by atoms with E-state index in [4.69, 9.17) is 18.9 Å². The van der Waals surface area contributed by atoms with Gasteiger partial charge in [0.1, 0.15) is 18.3 Å². The van der Waals surface area contributed by atoms with Crippen LogP contribution in [0.25, 0.3) is 10.9 Å². The van der Waals surface area contributed by atoms with Gasteiger partial charge < -0.3 is 18.9 Å². The third kappa shape index (κ3) is 4.72. The van der Waals surface area contributed by atoms with Crippen molar-refractivity contribution in [1.29, 1.82) is 0 Å². The summed E-state index contributed by atoms with van der Waals surface area (Å²) >= 11 is 0. The van der Waals surface area contributed by atoms with Crippen molar-refractivity contribution in [3.8, 4) is 5.75 Å². The SMILES string of the molecule is COC(=O)C1C=CC=CC1(OC)OCc1cccc(OCc2ccc3ccccc3n2)c1. The van der Waals surface area contributed by atoms with Crippen LogP contribution in [0.1, 0.15) is 11.3 Å². The summed E-state index contributed by atoms with van der Waals surface area (Å²) in [6.07, 6.45) is 7.00. The third-order valence-electron chi connectivity index (χ3n) is 5.36. The number of benzene rings is 2. The summed E-state index contributed by atoms with van der Waals surface area (Å²) < 4.78 is 22.5. The molecular formula is C26H25NO5. The van der Waals surface area contributed by atoms with Gasteiger partial charge in [0.2, 0.25) is 5.79 Å². The van der Waals surface area contributed by atoms with Gasteiger partial charge in [0.05, 0.1) is 24.9 Å². The quantitative estimate of drug-likeness (QED) is 0.384. The van der Waals surface area contributed by atoms with Gasteiger partial charge in [0, 0.05) is 12.5 Å². The van der Waals surface area contributed by atoms with Gasteiger partial charge in [0.25, 0.3) is 0 Å². The normalized spacial score (nSPS) is 19.8. The van der Waals surface area contributed by atoms with Crippen LogP contribution in [-0.4, -0.2) is 31.0 Å². The maximum absolute atomic E-state index is 12.2. The predicted molar refractivity (Wildman–Crippen MR) is 121 cm³/mol. The van der Waals surface area contributed by atoms with Crippen LogP contribution in [0.4, 0.5) is 0 Å². The number of hydrogen-bond donors (Lipinski definition) is 0. The number of para-hydroxylation sites is 1. The van der Waals surface area contributed by atoms with Gasteiger partial charge in [-0.15, -0.1) is 0 Å². The van der Waals surface area contributed by atoms with Crippen LogP contribution >= 0.6 is 0 Å². The van der Waals surface area contributed by atoms with Gasteiger partial charge in [0.15, 0.2) is 0 Å². The summed E-state index contributed by atoms with van der Waals surface area (Å²) in [6.45, 7) is 0.583. The molecule has 2 unspecified atom stereocenters. The number of methoxy groups -OCH3 is 2. The Morgan fingerprint density at radius 2 is 1.88 bits per heavy atom. The van der Waals surface area contributed by atoms with E-state index in [2.05, 4.69) is 4.98 Å². The van der Waals surface area contributed by atoms with Crippen LogP contribution in [0.5, 0.6) is 5.75 Å². The lowest BCUT2D eigenvalue weighted by molar-refractivity contribution is -0.224. The minimum Gasteiger partial charge on any atom is -0.487 e. The third-order valence-corrected chi connectivity index (χ3v) is 5.36. The van der Waals surface area contributed by atoms with E-state index in [1.165, 1.54) is 14.2 Å². The van der Waals surface area contributed by atoms with Crippen LogP contribution in [-0.2, 0) is 32.2 Å². The first-order chi connectivity index (χ1) is 15.6. The van der Waals surface area contributed by atoms with E-state index < -0.39 is 17.7 Å². The zero-order valence-corrected chi connectivity index (χ0v) is 18.1. The molecule has 0 saturated heterocycles. The highest BCUT2D eigenvalue weighted by Crippen LogP contribution is 2.32. The molecule has 3 aromatic rings. The molecule has 0 saturated carbocycles. The number of allylic oxidation sites excluding steroid dienone is 2. The van der Waals surface area contributed by atoms with Crippen molar-refractivity contribution in [3.63, 3.8) is 0 Å². The number of aromatic nitrogens is 1. The van der Waals surface area contributed by atoms with Gasteiger partial charge >= 0.3 is 5.97 Å². The fourth-order valence-corrected chi connectivity index (χ4v) is 3.63. The fourth-order valence-electron chi connectivity index (χ4n) is 3.63. The Balaban J connectivity index is 1.42. The lowest BCUT2D eigenvalue weighted by Gasteiger charge is -2.35. The monoisotopic (exact) mass is 431 g/mol. The van der Waals surface area contributed by atoms with Crippen LogP contribution in [0.2, 0.25) is 0 Å². The molecular weight excluding hydrogens is 406 g/mol. The molecule has 2 aromatic carbocycles. The molecule has 6 nitrogen and oxygen atoms in total. The Morgan fingerprint density at radius 3 is 2.72 bits per heavy atom. The molecule has 0 spiro atoms. The van der Waals surface area contributed by atoms with Gasteiger partial charge in [-0.1, -0.05) is 54.6 Å². The summed E-state index contributed by atoms with van der Waals surface area (Å²) in [5.41, 5.74) is 2.68. The molecule has 1 aliphatic rings. The smallest absolute Gasteiger partial charge is 0.318 e. The highest BCUT2D eigenvalue weighted by Gasteiger charge is 2.43. The number of nitrogens with zero attached hydrogens (tertiary/aromatic N) is 1. The first-order valence-electron chi connectivity index (χ1n) is 10.3. The number of pyridine rings is 1. The van der Waals surface area contributed by atoms with Gasteiger partial charge in [-0.05, 0) is 35.9 Å². The molecule has 0 amide bonds. The van der Waals surface area contributed by atoms with Crippen molar-refractivity contribution in [3.05, 3.63) is 96.2 Å². The zero-order valence-electron chi connectivity index (χ0n) is 18.1. The molecule has 1 aromatic heterocycles. The summed E-state index contributed by atoms with van der Waals surface area (Å²) in [6, 6.07) is 19.6. The average Bonchev–Trinajstić information content (AvgIpc) is 2.86. The molecule has 1 aliphatic carbocycles. The molecule has 32 heavy (non-hydrogen) atoms. The predicted octanol–water partition coefficient (Wildman–Crippen LogP) is 4.59. The molecule has 0 radical (unpaired) electrons.